The van der Waals surface area contributed by atoms with Gasteiger partial charge in [0, 0.05) is 17.1 Å². The summed E-state index contributed by atoms with van der Waals surface area (Å²) in [7, 11) is -3.76. The fraction of sp³-hybridized carbons (Fsp3) is 0.391. The van der Waals surface area contributed by atoms with E-state index in [0.717, 1.165) is 21.7 Å². The smallest absolute Gasteiger partial charge is 0.244 e. The van der Waals surface area contributed by atoms with E-state index in [1.807, 2.05) is 45.0 Å². The quantitative estimate of drug-likeness (QED) is 0.545. The van der Waals surface area contributed by atoms with Gasteiger partial charge in [0.1, 0.15) is 12.6 Å². The van der Waals surface area contributed by atoms with Crippen molar-refractivity contribution in [3.63, 3.8) is 0 Å². The number of sulfonamides is 1. The van der Waals surface area contributed by atoms with Crippen LogP contribution in [0.3, 0.4) is 0 Å². The van der Waals surface area contributed by atoms with Gasteiger partial charge in [-0.2, -0.15) is 0 Å². The van der Waals surface area contributed by atoms with E-state index in [2.05, 4.69) is 21.2 Å². The fourth-order valence-corrected chi connectivity index (χ4v) is 4.69. The Morgan fingerprint density at radius 2 is 1.62 bits per heavy atom. The second kappa shape index (κ2) is 11.0. The lowest BCUT2D eigenvalue weighted by Crippen LogP contribution is -2.52. The summed E-state index contributed by atoms with van der Waals surface area (Å²) >= 11 is 3.36. The summed E-state index contributed by atoms with van der Waals surface area (Å²) in [6.45, 7) is 7.03. The lowest BCUT2D eigenvalue weighted by molar-refractivity contribution is -0.139. The Kier molecular flexibility index (Phi) is 8.86. The molecular formula is C23H30BrN3O4S. The van der Waals surface area contributed by atoms with Gasteiger partial charge in [-0.05, 0) is 66.9 Å². The van der Waals surface area contributed by atoms with Crippen LogP contribution >= 0.6 is 15.9 Å². The van der Waals surface area contributed by atoms with Crippen molar-refractivity contribution in [1.82, 2.24) is 10.2 Å². The molecule has 0 bridgehead atoms. The molecule has 2 aromatic carbocycles. The van der Waals surface area contributed by atoms with Crippen molar-refractivity contribution in [1.29, 1.82) is 0 Å². The van der Waals surface area contributed by atoms with Gasteiger partial charge in [0.05, 0.1) is 11.9 Å². The number of rotatable bonds is 9. The summed E-state index contributed by atoms with van der Waals surface area (Å²) < 4.78 is 26.7. The molecule has 0 aliphatic carbocycles. The number of nitrogens with one attached hydrogen (secondary N) is 1. The maximum absolute atomic E-state index is 13.5. The number of hydrogen-bond acceptors (Lipinski definition) is 4. The highest BCUT2D eigenvalue weighted by molar-refractivity contribution is 9.10. The maximum atomic E-state index is 13.5. The number of carbonyl (C=O) groups is 2. The Hall–Kier alpha value is -2.39. The largest absolute Gasteiger partial charge is 0.352 e. The molecule has 7 nitrogen and oxygen atoms in total. The van der Waals surface area contributed by atoms with Gasteiger partial charge in [-0.3, -0.25) is 13.9 Å². The van der Waals surface area contributed by atoms with Gasteiger partial charge in [-0.25, -0.2) is 8.42 Å². The van der Waals surface area contributed by atoms with Crippen molar-refractivity contribution in [2.45, 2.75) is 46.3 Å². The normalized spacial score (nSPS) is 12.3. The third-order valence-corrected chi connectivity index (χ3v) is 6.80. The maximum Gasteiger partial charge on any atom is 0.244 e. The third kappa shape index (κ3) is 6.80. The lowest BCUT2D eigenvalue weighted by atomic mass is 10.1. The molecule has 0 aliphatic heterocycles. The molecule has 0 unspecified atom stereocenters. The van der Waals surface area contributed by atoms with E-state index in [1.165, 1.54) is 4.90 Å². The van der Waals surface area contributed by atoms with Crippen LogP contribution in [0.4, 0.5) is 5.69 Å². The highest BCUT2D eigenvalue weighted by Gasteiger charge is 2.31. The van der Waals surface area contributed by atoms with E-state index in [0.29, 0.717) is 10.2 Å². The van der Waals surface area contributed by atoms with Gasteiger partial charge in [-0.1, -0.05) is 36.4 Å². The number of carbonyl (C=O) groups excluding carboxylic acids is 2. The van der Waals surface area contributed by atoms with E-state index in [1.54, 1.807) is 31.2 Å². The average molecular weight is 524 g/mol. The summed E-state index contributed by atoms with van der Waals surface area (Å²) in [5.74, 6) is -0.769. The number of nitrogens with zero attached hydrogens (tertiary/aromatic N) is 2. The SMILES string of the molecule is Cc1ccccc1CN(C(=O)CN(c1ccccc1Br)S(C)(=O)=O)[C@@H](C)C(=O)NC(C)C. The van der Waals surface area contributed by atoms with E-state index in [9.17, 15) is 18.0 Å². The molecule has 0 aliphatic rings. The highest BCUT2D eigenvalue weighted by Crippen LogP contribution is 2.28. The third-order valence-electron chi connectivity index (χ3n) is 5.00. The first kappa shape index (κ1) is 25.9. The minimum Gasteiger partial charge on any atom is -0.352 e. The first-order valence-electron chi connectivity index (χ1n) is 10.3. The molecule has 0 fully saturated rings. The number of aryl methyl sites for hydroxylation is 1. The van der Waals surface area contributed by atoms with E-state index < -0.39 is 28.5 Å². The van der Waals surface area contributed by atoms with Crippen molar-refractivity contribution in [3.8, 4) is 0 Å². The summed E-state index contributed by atoms with van der Waals surface area (Å²) in [4.78, 5) is 27.6. The molecule has 174 valence electrons. The molecule has 0 saturated carbocycles. The fourth-order valence-electron chi connectivity index (χ4n) is 3.21. The molecule has 9 heteroatoms. The second-order valence-electron chi connectivity index (χ2n) is 8.01. The molecule has 0 spiro atoms. The van der Waals surface area contributed by atoms with E-state index in [4.69, 9.17) is 0 Å². The van der Waals surface area contributed by atoms with Gasteiger partial charge >= 0.3 is 0 Å². The van der Waals surface area contributed by atoms with Gasteiger partial charge in [0.2, 0.25) is 21.8 Å². The molecule has 0 radical (unpaired) electrons. The number of para-hydroxylation sites is 1. The van der Waals surface area contributed by atoms with Crippen LogP contribution in [0.15, 0.2) is 53.0 Å². The number of halogens is 1. The minimum absolute atomic E-state index is 0.0897. The molecule has 0 saturated heterocycles. The van der Waals surface area contributed by atoms with E-state index in [-0.39, 0.29) is 18.5 Å². The molecule has 2 rings (SSSR count). The lowest BCUT2D eigenvalue weighted by Gasteiger charge is -2.32. The standard InChI is InChI=1S/C23H30BrN3O4S/c1-16(2)25-23(29)18(4)26(14-19-11-7-6-10-17(19)3)22(28)15-27(32(5,30)31)21-13-9-8-12-20(21)24/h6-13,16,18H,14-15H2,1-5H3,(H,25,29)/t18-/m0/s1. The average Bonchev–Trinajstić information content (AvgIpc) is 2.70. The topological polar surface area (TPSA) is 86.8 Å². The molecule has 32 heavy (non-hydrogen) atoms. The number of benzene rings is 2. The monoisotopic (exact) mass is 523 g/mol. The van der Waals surface area contributed by atoms with Crippen molar-refractivity contribution in [2.75, 3.05) is 17.1 Å². The summed E-state index contributed by atoms with van der Waals surface area (Å²) in [6, 6.07) is 13.5. The van der Waals surface area contributed by atoms with Crippen LogP contribution in [0.2, 0.25) is 0 Å². The molecule has 1 N–H and O–H groups in total. The summed E-state index contributed by atoms with van der Waals surface area (Å²) in [5.41, 5.74) is 2.22. The van der Waals surface area contributed by atoms with Crippen LogP contribution in [0.5, 0.6) is 0 Å². The van der Waals surface area contributed by atoms with Gasteiger partial charge in [0.15, 0.2) is 0 Å². The van der Waals surface area contributed by atoms with Crippen LogP contribution in [0.25, 0.3) is 0 Å². The molecule has 1 atom stereocenters. The first-order valence-corrected chi connectivity index (χ1v) is 12.9. The van der Waals surface area contributed by atoms with Gasteiger partial charge in [-0.15, -0.1) is 0 Å². The molecule has 2 amide bonds. The Bertz CT molecular complexity index is 1070. The zero-order valence-electron chi connectivity index (χ0n) is 19.0. The number of hydrogen-bond donors (Lipinski definition) is 1. The van der Waals surface area contributed by atoms with Crippen molar-refractivity contribution in [3.05, 3.63) is 64.1 Å². The van der Waals surface area contributed by atoms with Gasteiger partial charge in [0.25, 0.3) is 0 Å². The summed E-state index contributed by atoms with van der Waals surface area (Å²) in [6.07, 6.45) is 1.06. The molecular weight excluding hydrogens is 494 g/mol. The van der Waals surface area contributed by atoms with Crippen molar-refractivity contribution < 1.29 is 18.0 Å². The zero-order valence-corrected chi connectivity index (χ0v) is 21.4. The van der Waals surface area contributed by atoms with Crippen LogP contribution < -0.4 is 9.62 Å². The number of amides is 2. The molecule has 0 heterocycles. The summed E-state index contributed by atoms with van der Waals surface area (Å²) in [5, 5.41) is 2.83. The van der Waals surface area contributed by atoms with Crippen molar-refractivity contribution in [2.24, 2.45) is 0 Å². The van der Waals surface area contributed by atoms with Crippen molar-refractivity contribution >= 4 is 43.5 Å². The minimum atomic E-state index is -3.76. The molecule has 0 aromatic heterocycles. The highest BCUT2D eigenvalue weighted by atomic mass is 79.9. The predicted molar refractivity (Wildman–Crippen MR) is 131 cm³/mol. The van der Waals surface area contributed by atoms with Crippen LogP contribution in [0, 0.1) is 6.92 Å². The van der Waals surface area contributed by atoms with Crippen LogP contribution in [-0.2, 0) is 26.2 Å². The Morgan fingerprint density at radius 1 is 1.03 bits per heavy atom. The Balaban J connectivity index is 2.42. The Morgan fingerprint density at radius 3 is 2.19 bits per heavy atom. The Labute approximate surface area is 199 Å². The van der Waals surface area contributed by atoms with Crippen LogP contribution in [0.1, 0.15) is 31.9 Å². The zero-order chi connectivity index (χ0) is 24.1. The van der Waals surface area contributed by atoms with Gasteiger partial charge < -0.3 is 10.2 Å². The molecule has 2 aromatic rings. The predicted octanol–water partition coefficient (Wildman–Crippen LogP) is 3.47. The number of anilines is 1. The van der Waals surface area contributed by atoms with Crippen LogP contribution in [-0.4, -0.2) is 50.0 Å². The van der Waals surface area contributed by atoms with E-state index >= 15 is 0 Å². The second-order valence-corrected chi connectivity index (χ2v) is 10.8. The first-order chi connectivity index (χ1) is 14.9.